The number of hydrogen-bond donors (Lipinski definition) is 2. The quantitative estimate of drug-likeness (QED) is 0.358. The molecule has 1 saturated carbocycles. The number of benzene rings is 1. The second-order valence-electron chi connectivity index (χ2n) is 12.5. The van der Waals surface area contributed by atoms with Crippen LogP contribution in [-0.2, 0) is 20.8 Å². The topological polar surface area (TPSA) is 128 Å². The first kappa shape index (κ1) is 32.2. The molecule has 0 bridgehead atoms. The SMILES string of the molecule is CC1CN(c2ccc(Nc3ncc(C(F)(F)F)c(-c4cc5c(s4)C(=O)N(C4COC4)CCS5(=O)=O)n3)c(C3CC3)c2)CCN1CCO. The van der Waals surface area contributed by atoms with Crippen molar-refractivity contribution in [3.63, 3.8) is 0 Å². The van der Waals surface area contributed by atoms with E-state index in [1.54, 1.807) is 0 Å². The second-order valence-corrected chi connectivity index (χ2v) is 15.6. The van der Waals surface area contributed by atoms with Crippen molar-refractivity contribution >= 4 is 44.4 Å². The smallest absolute Gasteiger partial charge is 0.395 e. The van der Waals surface area contributed by atoms with Gasteiger partial charge in [0.25, 0.3) is 5.91 Å². The Morgan fingerprint density at radius 3 is 2.60 bits per heavy atom. The van der Waals surface area contributed by atoms with Crippen LogP contribution in [0.15, 0.2) is 35.4 Å². The molecular formula is C31H35F3N6O5S2. The third-order valence-corrected chi connectivity index (χ3v) is 12.3. The molecule has 3 fully saturated rings. The second kappa shape index (κ2) is 12.3. The number of piperazine rings is 1. The van der Waals surface area contributed by atoms with Crippen molar-refractivity contribution in [3.8, 4) is 10.6 Å². The third kappa shape index (κ3) is 6.33. The zero-order chi connectivity index (χ0) is 33.1. The minimum atomic E-state index is -4.83. The van der Waals surface area contributed by atoms with E-state index in [0.29, 0.717) is 35.7 Å². The molecule has 11 nitrogen and oxygen atoms in total. The number of halogens is 3. The van der Waals surface area contributed by atoms with E-state index in [2.05, 4.69) is 38.1 Å². The number of amides is 1. The van der Waals surface area contributed by atoms with Gasteiger partial charge in [-0.1, -0.05) is 0 Å². The summed E-state index contributed by atoms with van der Waals surface area (Å²) in [5.74, 6) is -0.643. The van der Waals surface area contributed by atoms with Gasteiger partial charge in [-0.15, -0.1) is 11.3 Å². The predicted molar refractivity (Wildman–Crippen MR) is 170 cm³/mol. The van der Waals surface area contributed by atoms with Gasteiger partial charge in [-0.25, -0.2) is 18.4 Å². The van der Waals surface area contributed by atoms with Gasteiger partial charge >= 0.3 is 6.18 Å². The molecule has 1 amide bonds. The molecule has 2 saturated heterocycles. The molecule has 16 heteroatoms. The number of carbonyl (C=O) groups is 1. The van der Waals surface area contributed by atoms with E-state index in [0.717, 1.165) is 49.8 Å². The molecule has 3 aliphatic heterocycles. The van der Waals surface area contributed by atoms with Crippen molar-refractivity contribution in [1.82, 2.24) is 19.8 Å². The summed E-state index contributed by atoms with van der Waals surface area (Å²) >= 11 is 0.700. The lowest BCUT2D eigenvalue weighted by Gasteiger charge is -2.41. The van der Waals surface area contributed by atoms with Crippen LogP contribution in [0.1, 0.15) is 46.5 Å². The van der Waals surface area contributed by atoms with E-state index >= 15 is 0 Å². The number of rotatable bonds is 8. The van der Waals surface area contributed by atoms with Gasteiger partial charge in [-0.2, -0.15) is 13.2 Å². The van der Waals surface area contributed by atoms with Gasteiger partial charge in [-0.05, 0) is 55.5 Å². The number of β-amino-alcohol motifs (C(OH)–C–C–N with tert-alkyl or cyclic N) is 1. The Balaban J connectivity index is 1.21. The first-order valence-corrected chi connectivity index (χ1v) is 18.1. The summed E-state index contributed by atoms with van der Waals surface area (Å²) in [6.07, 6.45) is -2.15. The average Bonchev–Trinajstić information content (AvgIpc) is 3.76. The standard InChI is InChI=1S/C31H35F3N6O5S2/c1-18-15-39(7-6-38(18)8-10-41)20-4-5-24(22(12-20)19-2-3-19)36-30-35-14-23(31(32,33)34)27(37-30)25-13-26-28(46-25)29(42)40(21-16-45-17-21)9-11-47(26,43)44/h4-5,12-14,18-19,21,41H,2-3,6-11,15-17H2,1H3,(H,35,36,37). The molecule has 0 spiro atoms. The summed E-state index contributed by atoms with van der Waals surface area (Å²) in [4.78, 5) is 27.2. The number of aliphatic hydroxyl groups is 1. The van der Waals surface area contributed by atoms with Gasteiger partial charge in [0.1, 0.15) is 10.4 Å². The first-order chi connectivity index (χ1) is 22.4. The summed E-state index contributed by atoms with van der Waals surface area (Å²) in [5.41, 5.74) is 1.15. The van der Waals surface area contributed by atoms with Gasteiger partial charge in [0.15, 0.2) is 9.84 Å². The van der Waals surface area contributed by atoms with Crippen LogP contribution in [0.25, 0.3) is 10.6 Å². The summed E-state index contributed by atoms with van der Waals surface area (Å²) < 4.78 is 74.3. The maximum absolute atomic E-state index is 14.3. The van der Waals surface area contributed by atoms with Gasteiger partial charge < -0.3 is 25.0 Å². The van der Waals surface area contributed by atoms with Gasteiger partial charge in [0, 0.05) is 56.3 Å². The molecule has 47 heavy (non-hydrogen) atoms. The number of fused-ring (bicyclic) bond motifs is 1. The molecule has 1 atom stereocenters. The molecule has 3 aromatic rings. The van der Waals surface area contributed by atoms with Crippen LogP contribution in [0.4, 0.5) is 30.5 Å². The number of nitrogens with one attached hydrogen (secondary N) is 1. The van der Waals surface area contributed by atoms with Crippen molar-refractivity contribution in [3.05, 3.63) is 46.5 Å². The molecule has 0 radical (unpaired) electrons. The maximum Gasteiger partial charge on any atom is 0.420 e. The van der Waals surface area contributed by atoms with Crippen LogP contribution in [0.5, 0.6) is 0 Å². The number of alkyl halides is 3. The number of hydrogen-bond acceptors (Lipinski definition) is 11. The zero-order valence-corrected chi connectivity index (χ0v) is 27.3. The fourth-order valence-corrected chi connectivity index (χ4v) is 9.34. The monoisotopic (exact) mass is 692 g/mol. The van der Waals surface area contributed by atoms with Crippen molar-refractivity contribution in [1.29, 1.82) is 0 Å². The lowest BCUT2D eigenvalue weighted by Crippen LogP contribution is -2.52. The molecular weight excluding hydrogens is 658 g/mol. The number of aliphatic hydroxyl groups excluding tert-OH is 1. The Morgan fingerprint density at radius 1 is 1.15 bits per heavy atom. The normalized spacial score (nSPS) is 22.1. The fourth-order valence-electron chi connectivity index (χ4n) is 6.42. The Hall–Kier alpha value is -3.31. The fraction of sp³-hybridized carbons (Fsp3) is 0.516. The van der Waals surface area contributed by atoms with E-state index in [1.165, 1.54) is 4.90 Å². The van der Waals surface area contributed by atoms with Crippen LogP contribution in [-0.4, -0.2) is 110 Å². The maximum atomic E-state index is 14.3. The molecule has 2 N–H and O–H groups in total. The molecule has 1 aliphatic carbocycles. The van der Waals surface area contributed by atoms with Crippen molar-refractivity contribution in [2.45, 2.75) is 48.8 Å². The number of sulfone groups is 1. The van der Waals surface area contributed by atoms with Crippen molar-refractivity contribution < 1.29 is 36.2 Å². The molecule has 1 unspecified atom stereocenters. The first-order valence-electron chi connectivity index (χ1n) is 15.6. The highest BCUT2D eigenvalue weighted by Gasteiger charge is 2.41. The van der Waals surface area contributed by atoms with Crippen molar-refractivity contribution in [2.75, 3.05) is 68.5 Å². The van der Waals surface area contributed by atoms with Gasteiger partial charge in [-0.3, -0.25) is 9.69 Å². The molecule has 5 heterocycles. The summed E-state index contributed by atoms with van der Waals surface area (Å²) in [6, 6.07) is 7.11. The molecule has 4 aliphatic rings. The highest BCUT2D eigenvalue weighted by Crippen LogP contribution is 2.46. The number of ether oxygens (including phenoxy) is 1. The highest BCUT2D eigenvalue weighted by molar-refractivity contribution is 7.91. The predicted octanol–water partition coefficient (Wildman–Crippen LogP) is 3.98. The van der Waals surface area contributed by atoms with E-state index in [-0.39, 0.29) is 64.8 Å². The molecule has 2 aromatic heterocycles. The summed E-state index contributed by atoms with van der Waals surface area (Å²) in [5, 5.41) is 12.5. The molecule has 1 aromatic carbocycles. The Bertz CT molecular complexity index is 1790. The van der Waals surface area contributed by atoms with Crippen LogP contribution in [0.2, 0.25) is 0 Å². The van der Waals surface area contributed by atoms with E-state index in [1.807, 2.05) is 12.1 Å². The van der Waals surface area contributed by atoms with Crippen molar-refractivity contribution in [2.24, 2.45) is 0 Å². The van der Waals surface area contributed by atoms with Crippen LogP contribution in [0, 0.1) is 0 Å². The van der Waals surface area contributed by atoms with E-state index in [9.17, 15) is 31.5 Å². The number of nitrogens with zero attached hydrogens (tertiary/aromatic N) is 5. The number of aromatic nitrogens is 2. The van der Waals surface area contributed by atoms with Gasteiger partial charge in [0.05, 0.1) is 47.1 Å². The van der Waals surface area contributed by atoms with Crippen LogP contribution >= 0.6 is 11.3 Å². The van der Waals surface area contributed by atoms with Gasteiger partial charge in [0.2, 0.25) is 5.95 Å². The lowest BCUT2D eigenvalue weighted by atomic mass is 10.1. The average molecular weight is 693 g/mol. The highest BCUT2D eigenvalue weighted by atomic mass is 32.2. The number of anilines is 3. The summed E-state index contributed by atoms with van der Waals surface area (Å²) in [6.45, 7) is 5.87. The molecule has 7 rings (SSSR count). The minimum absolute atomic E-state index is 0.0115. The summed E-state index contributed by atoms with van der Waals surface area (Å²) in [7, 11) is -3.94. The Morgan fingerprint density at radius 2 is 1.94 bits per heavy atom. The Labute approximate surface area is 274 Å². The van der Waals surface area contributed by atoms with E-state index < -0.39 is 33.2 Å². The van der Waals surface area contributed by atoms with E-state index in [4.69, 9.17) is 4.74 Å². The Kier molecular flexibility index (Phi) is 8.43. The number of carbonyl (C=O) groups excluding carboxylic acids is 1. The molecule has 252 valence electrons. The zero-order valence-electron chi connectivity index (χ0n) is 25.7. The van der Waals surface area contributed by atoms with Crippen LogP contribution < -0.4 is 10.2 Å². The largest absolute Gasteiger partial charge is 0.420 e. The minimum Gasteiger partial charge on any atom is -0.395 e. The van der Waals surface area contributed by atoms with Crippen LogP contribution in [0.3, 0.4) is 0 Å². The lowest BCUT2D eigenvalue weighted by molar-refractivity contribution is -0.137. The third-order valence-electron chi connectivity index (χ3n) is 9.29. The number of thiophene rings is 1.